The quantitative estimate of drug-likeness (QED) is 0.272. The molecule has 1 amide bonds. The van der Waals surface area contributed by atoms with Crippen molar-refractivity contribution in [3.63, 3.8) is 0 Å². The second-order valence-corrected chi connectivity index (χ2v) is 7.95. The Bertz CT molecular complexity index is 1500. The van der Waals surface area contributed by atoms with Gasteiger partial charge in [0.15, 0.2) is 6.61 Å². The zero-order valence-electron chi connectivity index (χ0n) is 19.2. The number of anilines is 1. The predicted octanol–water partition coefficient (Wildman–Crippen LogP) is 6.67. The first-order valence-electron chi connectivity index (χ1n) is 10.9. The van der Waals surface area contributed by atoms with Gasteiger partial charge in [0.25, 0.3) is 11.7 Å². The summed E-state index contributed by atoms with van der Waals surface area (Å²) in [6.45, 7) is 1.74. The lowest BCUT2D eigenvalue weighted by atomic mass is 10.2. The standard InChI is InChI=1S/C26H19ClF3NO6/c1-2-34-20-10-6-4-8-18(20)31-22(32)14-35-15-11-12-16-21(13-15)37-25(26(28,29)30)24(23(16)33)36-19-9-5-3-7-17(19)27/h3-13H,2,14H2,1H3,(H,31,32). The Hall–Kier alpha value is -4.18. The third-order valence-electron chi connectivity index (χ3n) is 4.96. The normalized spacial score (nSPS) is 11.3. The van der Waals surface area contributed by atoms with Crippen molar-refractivity contribution in [3.05, 3.63) is 87.7 Å². The number of rotatable bonds is 8. The minimum absolute atomic E-state index is 0.0109. The van der Waals surface area contributed by atoms with Crippen molar-refractivity contribution in [1.29, 1.82) is 0 Å². The van der Waals surface area contributed by atoms with E-state index in [1.54, 1.807) is 37.3 Å². The zero-order chi connectivity index (χ0) is 26.6. The molecule has 0 bridgehead atoms. The lowest BCUT2D eigenvalue weighted by Gasteiger charge is -2.14. The van der Waals surface area contributed by atoms with Crippen molar-refractivity contribution in [2.45, 2.75) is 13.1 Å². The Morgan fingerprint density at radius 3 is 2.41 bits per heavy atom. The Kier molecular flexibility index (Phi) is 7.58. The Morgan fingerprint density at radius 2 is 1.70 bits per heavy atom. The van der Waals surface area contributed by atoms with Gasteiger partial charge in [0.2, 0.25) is 11.2 Å². The lowest BCUT2D eigenvalue weighted by Crippen LogP contribution is -2.20. The summed E-state index contributed by atoms with van der Waals surface area (Å²) in [4.78, 5) is 25.3. The van der Waals surface area contributed by atoms with E-state index >= 15 is 0 Å². The third kappa shape index (κ3) is 5.97. The molecule has 192 valence electrons. The second kappa shape index (κ2) is 10.8. The van der Waals surface area contributed by atoms with E-state index in [1.807, 2.05) is 0 Å². The molecule has 37 heavy (non-hydrogen) atoms. The number of carbonyl (C=O) groups excluding carboxylic acids is 1. The molecule has 1 N–H and O–H groups in total. The van der Waals surface area contributed by atoms with Crippen molar-refractivity contribution in [3.8, 4) is 23.0 Å². The van der Waals surface area contributed by atoms with Crippen molar-refractivity contribution >= 4 is 34.2 Å². The zero-order valence-corrected chi connectivity index (χ0v) is 20.0. The molecular weight excluding hydrogens is 515 g/mol. The average Bonchev–Trinajstić information content (AvgIpc) is 2.86. The molecule has 3 aromatic carbocycles. The molecular formula is C26H19ClF3NO6. The molecule has 0 saturated carbocycles. The van der Waals surface area contributed by atoms with Gasteiger partial charge in [0.1, 0.15) is 22.8 Å². The van der Waals surface area contributed by atoms with Crippen LogP contribution in [0.4, 0.5) is 18.9 Å². The first kappa shape index (κ1) is 25.9. The summed E-state index contributed by atoms with van der Waals surface area (Å²) in [6, 6.07) is 16.2. The fourth-order valence-electron chi connectivity index (χ4n) is 3.35. The van der Waals surface area contributed by atoms with E-state index in [2.05, 4.69) is 5.32 Å². The van der Waals surface area contributed by atoms with Crippen LogP contribution in [0.2, 0.25) is 5.02 Å². The van der Waals surface area contributed by atoms with Gasteiger partial charge in [-0.05, 0) is 43.3 Å². The molecule has 0 fully saturated rings. The molecule has 0 aliphatic rings. The molecule has 0 aliphatic carbocycles. The number of carbonyl (C=O) groups is 1. The molecule has 1 aromatic heterocycles. The van der Waals surface area contributed by atoms with Crippen LogP contribution in [0.15, 0.2) is 75.9 Å². The van der Waals surface area contributed by atoms with Crippen molar-refractivity contribution in [1.82, 2.24) is 0 Å². The van der Waals surface area contributed by atoms with Crippen LogP contribution in [0.25, 0.3) is 11.0 Å². The van der Waals surface area contributed by atoms with Crippen LogP contribution >= 0.6 is 11.6 Å². The fourth-order valence-corrected chi connectivity index (χ4v) is 3.52. The number of fused-ring (bicyclic) bond motifs is 1. The summed E-state index contributed by atoms with van der Waals surface area (Å²) in [5.74, 6) is -2.87. The van der Waals surface area contributed by atoms with Crippen LogP contribution in [-0.2, 0) is 11.0 Å². The van der Waals surface area contributed by atoms with E-state index in [4.69, 9.17) is 30.2 Å². The molecule has 0 unspecified atom stereocenters. The van der Waals surface area contributed by atoms with Crippen LogP contribution in [0.1, 0.15) is 12.7 Å². The van der Waals surface area contributed by atoms with Gasteiger partial charge in [0.05, 0.1) is 22.7 Å². The maximum atomic E-state index is 13.8. The molecule has 7 nitrogen and oxygen atoms in total. The first-order valence-corrected chi connectivity index (χ1v) is 11.3. The molecule has 0 saturated heterocycles. The van der Waals surface area contributed by atoms with E-state index in [0.717, 1.165) is 6.07 Å². The summed E-state index contributed by atoms with van der Waals surface area (Å²) in [5, 5.41) is 2.47. The minimum atomic E-state index is -5.05. The highest BCUT2D eigenvalue weighted by Crippen LogP contribution is 2.39. The van der Waals surface area contributed by atoms with Gasteiger partial charge in [-0.1, -0.05) is 35.9 Å². The maximum absolute atomic E-state index is 13.8. The van der Waals surface area contributed by atoms with Crippen LogP contribution in [-0.4, -0.2) is 19.1 Å². The van der Waals surface area contributed by atoms with E-state index < -0.39 is 41.2 Å². The van der Waals surface area contributed by atoms with Crippen LogP contribution in [0.5, 0.6) is 23.0 Å². The van der Waals surface area contributed by atoms with E-state index in [1.165, 1.54) is 30.3 Å². The highest BCUT2D eigenvalue weighted by molar-refractivity contribution is 6.32. The highest BCUT2D eigenvalue weighted by atomic mass is 35.5. The molecule has 1 heterocycles. The Labute approximate surface area is 213 Å². The van der Waals surface area contributed by atoms with Gasteiger partial charge in [-0.3, -0.25) is 9.59 Å². The molecule has 0 atom stereocenters. The molecule has 4 rings (SSSR count). The Balaban J connectivity index is 1.59. The number of ether oxygens (including phenoxy) is 3. The predicted molar refractivity (Wildman–Crippen MR) is 131 cm³/mol. The topological polar surface area (TPSA) is 87.0 Å². The summed E-state index contributed by atoms with van der Waals surface area (Å²) >= 11 is 5.97. The average molecular weight is 534 g/mol. The number of alkyl halides is 3. The summed E-state index contributed by atoms with van der Waals surface area (Å²) in [6.07, 6.45) is -5.05. The number of para-hydroxylation sites is 3. The lowest BCUT2D eigenvalue weighted by molar-refractivity contribution is -0.154. The maximum Gasteiger partial charge on any atom is 0.453 e. The second-order valence-electron chi connectivity index (χ2n) is 7.54. The number of hydrogen-bond donors (Lipinski definition) is 1. The van der Waals surface area contributed by atoms with Gasteiger partial charge in [-0.25, -0.2) is 0 Å². The number of amides is 1. The fraction of sp³-hybridized carbons (Fsp3) is 0.154. The molecule has 0 aliphatic heterocycles. The van der Waals surface area contributed by atoms with Crippen LogP contribution in [0.3, 0.4) is 0 Å². The minimum Gasteiger partial charge on any atom is -0.492 e. The summed E-state index contributed by atoms with van der Waals surface area (Å²) < 4.78 is 62.5. The smallest absolute Gasteiger partial charge is 0.453 e. The molecule has 11 heteroatoms. The largest absolute Gasteiger partial charge is 0.492 e. The van der Waals surface area contributed by atoms with E-state index in [9.17, 15) is 22.8 Å². The van der Waals surface area contributed by atoms with Crippen LogP contribution in [0, 0.1) is 0 Å². The summed E-state index contributed by atoms with van der Waals surface area (Å²) in [5.41, 5.74) is -1.02. The van der Waals surface area contributed by atoms with Crippen LogP contribution < -0.4 is 25.0 Å². The number of nitrogens with one attached hydrogen (secondary N) is 1. The molecule has 0 radical (unpaired) electrons. The third-order valence-corrected chi connectivity index (χ3v) is 5.27. The number of halogens is 4. The monoisotopic (exact) mass is 533 g/mol. The van der Waals surface area contributed by atoms with Gasteiger partial charge in [-0.15, -0.1) is 0 Å². The number of hydrogen-bond acceptors (Lipinski definition) is 6. The van der Waals surface area contributed by atoms with Gasteiger partial charge >= 0.3 is 6.18 Å². The summed E-state index contributed by atoms with van der Waals surface area (Å²) in [7, 11) is 0. The van der Waals surface area contributed by atoms with E-state index in [0.29, 0.717) is 18.0 Å². The highest BCUT2D eigenvalue weighted by Gasteiger charge is 2.40. The van der Waals surface area contributed by atoms with E-state index in [-0.39, 0.29) is 21.9 Å². The molecule has 0 spiro atoms. The van der Waals surface area contributed by atoms with Gasteiger partial charge in [-0.2, -0.15) is 13.2 Å². The van der Waals surface area contributed by atoms with Gasteiger partial charge in [0, 0.05) is 6.07 Å². The van der Waals surface area contributed by atoms with Crippen molar-refractivity contribution in [2.75, 3.05) is 18.5 Å². The van der Waals surface area contributed by atoms with Crippen molar-refractivity contribution < 1.29 is 36.6 Å². The first-order chi connectivity index (χ1) is 17.7. The van der Waals surface area contributed by atoms with Crippen molar-refractivity contribution in [2.24, 2.45) is 0 Å². The molecule has 4 aromatic rings. The van der Waals surface area contributed by atoms with Gasteiger partial charge < -0.3 is 23.9 Å². The Morgan fingerprint density at radius 1 is 1.00 bits per heavy atom. The number of benzene rings is 3. The SMILES string of the molecule is CCOc1ccccc1NC(=O)COc1ccc2c(=O)c(Oc3ccccc3Cl)c(C(F)(F)F)oc2c1.